The topological polar surface area (TPSA) is 127 Å². The molecule has 1 heterocycles. The van der Waals surface area contributed by atoms with Crippen molar-refractivity contribution < 1.29 is 9.59 Å². The number of amidine groups is 1. The van der Waals surface area contributed by atoms with Crippen LogP contribution in [-0.2, 0) is 6.54 Å². The lowest BCUT2D eigenvalue weighted by molar-refractivity contribution is 0.0913. The molecule has 3 aromatic rings. The van der Waals surface area contributed by atoms with Crippen LogP contribution in [0.5, 0.6) is 0 Å². The Labute approximate surface area is 187 Å². The summed E-state index contributed by atoms with van der Waals surface area (Å²) in [5, 5.41) is 11.9. The van der Waals surface area contributed by atoms with Crippen LogP contribution in [0.4, 0.5) is 0 Å². The lowest BCUT2D eigenvalue weighted by Crippen LogP contribution is -2.38. The monoisotopic (exact) mass is 431 g/mol. The van der Waals surface area contributed by atoms with Crippen LogP contribution in [-0.4, -0.2) is 28.3 Å². The normalized spacial score (nSPS) is 18.4. The Morgan fingerprint density at radius 2 is 1.66 bits per heavy atom. The first-order valence-corrected chi connectivity index (χ1v) is 11.0. The molecule has 7 heteroatoms. The van der Waals surface area contributed by atoms with E-state index in [1.165, 1.54) is 0 Å². The van der Waals surface area contributed by atoms with E-state index in [-0.39, 0.29) is 17.8 Å². The number of rotatable bonds is 6. The van der Waals surface area contributed by atoms with Crippen LogP contribution in [0.25, 0.3) is 10.9 Å². The minimum absolute atomic E-state index is 0.0206. The highest BCUT2D eigenvalue weighted by molar-refractivity contribution is 6.02. The van der Waals surface area contributed by atoms with E-state index in [1.807, 2.05) is 34.9 Å². The van der Waals surface area contributed by atoms with Gasteiger partial charge in [-0.1, -0.05) is 31.2 Å². The maximum Gasteiger partial charge on any atom is 0.268 e. The molecule has 6 N–H and O–H groups in total. The molecule has 4 rings (SSSR count). The summed E-state index contributed by atoms with van der Waals surface area (Å²) in [5.74, 6) is 0.116. The fraction of sp³-hybridized carbons (Fsp3) is 0.320. The SMILES string of the molecule is CC1CCC(NC(=O)c2cc3ccc(C(=N)N)cc3n2Cc2ccc(C(N)=O)cc2)CC1. The van der Waals surface area contributed by atoms with Crippen molar-refractivity contribution in [3.05, 3.63) is 70.9 Å². The van der Waals surface area contributed by atoms with E-state index in [4.69, 9.17) is 16.9 Å². The van der Waals surface area contributed by atoms with Gasteiger partial charge in [0.1, 0.15) is 11.5 Å². The van der Waals surface area contributed by atoms with Gasteiger partial charge in [-0.15, -0.1) is 0 Å². The summed E-state index contributed by atoms with van der Waals surface area (Å²) in [6, 6.07) is 14.6. The molecule has 1 fully saturated rings. The van der Waals surface area contributed by atoms with E-state index in [9.17, 15) is 9.59 Å². The van der Waals surface area contributed by atoms with Crippen molar-refractivity contribution in [2.24, 2.45) is 17.4 Å². The summed E-state index contributed by atoms with van der Waals surface area (Å²) in [6.07, 6.45) is 4.25. The molecule has 0 unspecified atom stereocenters. The first-order chi connectivity index (χ1) is 15.3. The van der Waals surface area contributed by atoms with Gasteiger partial charge in [-0.25, -0.2) is 0 Å². The van der Waals surface area contributed by atoms with E-state index < -0.39 is 5.91 Å². The van der Waals surface area contributed by atoms with Gasteiger partial charge in [0.2, 0.25) is 5.91 Å². The Kier molecular flexibility index (Phi) is 5.99. The number of nitrogens with one attached hydrogen (secondary N) is 2. The van der Waals surface area contributed by atoms with Crippen LogP contribution >= 0.6 is 0 Å². The Balaban J connectivity index is 1.69. The summed E-state index contributed by atoms with van der Waals surface area (Å²) in [6.45, 7) is 2.69. The zero-order chi connectivity index (χ0) is 22.8. The fourth-order valence-corrected chi connectivity index (χ4v) is 4.40. The Hall–Kier alpha value is -3.61. The molecule has 7 nitrogen and oxygen atoms in total. The maximum atomic E-state index is 13.3. The summed E-state index contributed by atoms with van der Waals surface area (Å²) < 4.78 is 1.95. The molecule has 2 aromatic carbocycles. The van der Waals surface area contributed by atoms with Gasteiger partial charge in [0.15, 0.2) is 0 Å². The third-order valence-corrected chi connectivity index (χ3v) is 6.38. The molecule has 0 atom stereocenters. The molecular weight excluding hydrogens is 402 g/mol. The summed E-state index contributed by atoms with van der Waals surface area (Å²) >= 11 is 0. The second-order valence-electron chi connectivity index (χ2n) is 8.79. The number of nitrogens with zero attached hydrogens (tertiary/aromatic N) is 1. The van der Waals surface area contributed by atoms with Gasteiger partial charge in [-0.2, -0.15) is 0 Å². The minimum atomic E-state index is -0.476. The number of carbonyl (C=O) groups is 2. The van der Waals surface area contributed by atoms with Crippen molar-refractivity contribution >= 4 is 28.6 Å². The average molecular weight is 432 g/mol. The van der Waals surface area contributed by atoms with E-state index in [1.54, 1.807) is 18.2 Å². The quantitative estimate of drug-likeness (QED) is 0.353. The van der Waals surface area contributed by atoms with Gasteiger partial charge in [0.05, 0.1) is 0 Å². The molecule has 1 saturated carbocycles. The van der Waals surface area contributed by atoms with Crippen LogP contribution in [0.15, 0.2) is 48.5 Å². The largest absolute Gasteiger partial charge is 0.384 e. The highest BCUT2D eigenvalue weighted by Gasteiger charge is 2.23. The highest BCUT2D eigenvalue weighted by Crippen LogP contribution is 2.26. The third kappa shape index (κ3) is 4.51. The first-order valence-electron chi connectivity index (χ1n) is 11.0. The molecule has 1 aliphatic carbocycles. The zero-order valence-electron chi connectivity index (χ0n) is 18.2. The van der Waals surface area contributed by atoms with Crippen molar-refractivity contribution in [3.8, 4) is 0 Å². The zero-order valence-corrected chi connectivity index (χ0v) is 18.2. The number of aromatic nitrogens is 1. The van der Waals surface area contributed by atoms with Gasteiger partial charge in [-0.05, 0) is 61.4 Å². The molecule has 1 aromatic heterocycles. The van der Waals surface area contributed by atoms with Crippen molar-refractivity contribution in [1.82, 2.24) is 9.88 Å². The van der Waals surface area contributed by atoms with Crippen molar-refractivity contribution in [1.29, 1.82) is 5.41 Å². The molecule has 32 heavy (non-hydrogen) atoms. The predicted octanol–water partition coefficient (Wildman–Crippen LogP) is 3.38. The smallest absolute Gasteiger partial charge is 0.268 e. The van der Waals surface area contributed by atoms with E-state index >= 15 is 0 Å². The van der Waals surface area contributed by atoms with E-state index in [0.29, 0.717) is 29.3 Å². The number of amides is 2. The van der Waals surface area contributed by atoms with Crippen molar-refractivity contribution in [2.45, 2.75) is 45.2 Å². The number of nitrogens with two attached hydrogens (primary N) is 2. The molecule has 166 valence electrons. The van der Waals surface area contributed by atoms with Crippen LogP contribution in [0.3, 0.4) is 0 Å². The lowest BCUT2D eigenvalue weighted by atomic mass is 9.87. The highest BCUT2D eigenvalue weighted by atomic mass is 16.2. The Bertz CT molecular complexity index is 1170. The third-order valence-electron chi connectivity index (χ3n) is 6.38. The number of carbonyl (C=O) groups excluding carboxylic acids is 2. The van der Waals surface area contributed by atoms with Crippen LogP contribution in [0.1, 0.15) is 64.6 Å². The molecule has 1 aliphatic rings. The molecule has 0 radical (unpaired) electrons. The minimum Gasteiger partial charge on any atom is -0.384 e. The lowest BCUT2D eigenvalue weighted by Gasteiger charge is -2.27. The number of primary amides is 1. The molecule has 0 saturated heterocycles. The van der Waals surface area contributed by atoms with E-state index in [2.05, 4.69) is 12.2 Å². The van der Waals surface area contributed by atoms with Gasteiger partial charge in [0, 0.05) is 34.6 Å². The fourth-order valence-electron chi connectivity index (χ4n) is 4.40. The van der Waals surface area contributed by atoms with Crippen molar-refractivity contribution in [2.75, 3.05) is 0 Å². The number of nitrogen functional groups attached to an aromatic ring is 1. The first kappa shape index (κ1) is 21.6. The number of hydrogen-bond donors (Lipinski definition) is 4. The van der Waals surface area contributed by atoms with Crippen LogP contribution < -0.4 is 16.8 Å². The van der Waals surface area contributed by atoms with Gasteiger partial charge < -0.3 is 21.4 Å². The van der Waals surface area contributed by atoms with Crippen LogP contribution in [0, 0.1) is 11.3 Å². The predicted molar refractivity (Wildman–Crippen MR) is 126 cm³/mol. The van der Waals surface area contributed by atoms with E-state index in [0.717, 1.165) is 42.1 Å². The number of hydrogen-bond acceptors (Lipinski definition) is 3. The summed E-state index contributed by atoms with van der Waals surface area (Å²) in [5.41, 5.74) is 14.4. The molecule has 2 amide bonds. The molecule has 0 spiro atoms. The standard InChI is InChI=1S/C25H29N5O2/c1-15-2-10-20(11-3-15)29-25(32)22-12-18-8-9-19(23(26)27)13-21(18)30(22)14-16-4-6-17(7-5-16)24(28)31/h4-9,12-13,15,20H,2-3,10-11,14H2,1H3,(H3,26,27)(H2,28,31)(H,29,32). The number of fused-ring (bicyclic) bond motifs is 1. The summed E-state index contributed by atoms with van der Waals surface area (Å²) in [7, 11) is 0. The average Bonchev–Trinajstić information content (AvgIpc) is 3.13. The maximum absolute atomic E-state index is 13.3. The van der Waals surface area contributed by atoms with Crippen molar-refractivity contribution in [3.63, 3.8) is 0 Å². The second kappa shape index (κ2) is 8.86. The Morgan fingerprint density at radius 1 is 1.00 bits per heavy atom. The second-order valence-corrected chi connectivity index (χ2v) is 8.79. The molecular formula is C25H29N5O2. The number of benzene rings is 2. The molecule has 0 bridgehead atoms. The Morgan fingerprint density at radius 3 is 2.28 bits per heavy atom. The van der Waals surface area contributed by atoms with Gasteiger partial charge in [0.25, 0.3) is 5.91 Å². The van der Waals surface area contributed by atoms with Gasteiger partial charge in [-0.3, -0.25) is 15.0 Å². The van der Waals surface area contributed by atoms with Gasteiger partial charge >= 0.3 is 0 Å². The molecule has 0 aliphatic heterocycles. The summed E-state index contributed by atoms with van der Waals surface area (Å²) in [4.78, 5) is 24.7. The van der Waals surface area contributed by atoms with Crippen LogP contribution in [0.2, 0.25) is 0 Å².